The van der Waals surface area contributed by atoms with Crippen molar-refractivity contribution in [1.82, 2.24) is 0 Å². The molecule has 0 aliphatic carbocycles. The van der Waals surface area contributed by atoms with Gasteiger partial charge in [0.15, 0.2) is 5.78 Å². The van der Waals surface area contributed by atoms with Crippen LogP contribution in [0.25, 0.3) is 0 Å². The lowest BCUT2D eigenvalue weighted by molar-refractivity contribution is -0.118. The van der Waals surface area contributed by atoms with Gasteiger partial charge in [-0.25, -0.2) is 0 Å². The first-order valence-corrected chi connectivity index (χ1v) is 3.83. The highest BCUT2D eigenvalue weighted by atomic mass is 16.1. The topological polar surface area (TPSA) is 43.1 Å². The van der Waals surface area contributed by atoms with Crippen LogP contribution < -0.4 is 5.73 Å². The first-order chi connectivity index (χ1) is 5.54. The highest BCUT2D eigenvalue weighted by Gasteiger charge is 2.12. The van der Waals surface area contributed by atoms with Crippen LogP contribution in [0.3, 0.4) is 0 Å². The number of nitrogens with two attached hydrogens (primary N) is 1. The van der Waals surface area contributed by atoms with E-state index in [9.17, 15) is 4.79 Å². The maximum atomic E-state index is 11.4. The zero-order valence-electron chi connectivity index (χ0n) is 7.63. The largest absolute Gasteiger partial charge is 0.398 e. The molecule has 2 N–H and O–H groups in total. The van der Waals surface area contributed by atoms with Crippen molar-refractivity contribution in [2.24, 2.45) is 11.7 Å². The number of hydrogen-bond acceptors (Lipinski definition) is 2. The summed E-state index contributed by atoms with van der Waals surface area (Å²) in [5, 5.41) is 0. The lowest BCUT2D eigenvalue weighted by atomic mass is 9.99. The van der Waals surface area contributed by atoms with Gasteiger partial charge in [0.1, 0.15) is 0 Å². The smallest absolute Gasteiger partial charge is 0.167 e. The van der Waals surface area contributed by atoms with Crippen LogP contribution in [-0.4, -0.2) is 5.78 Å². The second-order valence-corrected chi connectivity index (χ2v) is 2.80. The summed E-state index contributed by atoms with van der Waals surface area (Å²) in [7, 11) is 0. The van der Waals surface area contributed by atoms with Crippen molar-refractivity contribution in [2.45, 2.75) is 13.8 Å². The van der Waals surface area contributed by atoms with Gasteiger partial charge in [-0.15, -0.1) is 0 Å². The molecule has 12 heavy (non-hydrogen) atoms. The quantitative estimate of drug-likeness (QED) is 0.510. The van der Waals surface area contributed by atoms with E-state index in [1.165, 1.54) is 12.2 Å². The number of rotatable bonds is 4. The molecule has 0 bridgehead atoms. The summed E-state index contributed by atoms with van der Waals surface area (Å²) in [5.74, 6) is -0.0566. The molecule has 0 rings (SSSR count). The van der Waals surface area contributed by atoms with Crippen molar-refractivity contribution in [3.8, 4) is 0 Å². The Morgan fingerprint density at radius 2 is 1.83 bits per heavy atom. The second kappa shape index (κ2) is 4.54. The van der Waals surface area contributed by atoms with Gasteiger partial charge in [-0.3, -0.25) is 4.79 Å². The van der Waals surface area contributed by atoms with E-state index in [-0.39, 0.29) is 11.7 Å². The van der Waals surface area contributed by atoms with Crippen molar-refractivity contribution < 1.29 is 4.79 Å². The van der Waals surface area contributed by atoms with E-state index in [0.717, 1.165) is 0 Å². The van der Waals surface area contributed by atoms with Crippen molar-refractivity contribution in [2.75, 3.05) is 0 Å². The van der Waals surface area contributed by atoms with Crippen molar-refractivity contribution in [3.63, 3.8) is 0 Å². The third-order valence-corrected chi connectivity index (χ3v) is 1.52. The number of carbonyl (C=O) groups excluding carboxylic acids is 1. The number of ketones is 1. The molecule has 2 heteroatoms. The van der Waals surface area contributed by atoms with E-state index in [4.69, 9.17) is 5.73 Å². The van der Waals surface area contributed by atoms with E-state index in [1.807, 2.05) is 13.8 Å². The number of allylic oxidation sites excluding steroid dienone is 3. The van der Waals surface area contributed by atoms with Crippen LogP contribution in [-0.2, 0) is 4.79 Å². The summed E-state index contributed by atoms with van der Waals surface area (Å²) < 4.78 is 0. The van der Waals surface area contributed by atoms with Crippen LogP contribution in [0.15, 0.2) is 36.6 Å². The zero-order valence-corrected chi connectivity index (χ0v) is 7.63. The van der Waals surface area contributed by atoms with Crippen molar-refractivity contribution in [3.05, 3.63) is 36.6 Å². The van der Waals surface area contributed by atoms with Gasteiger partial charge >= 0.3 is 0 Å². The molecule has 0 aliphatic rings. The maximum absolute atomic E-state index is 11.4. The molecular formula is C10H15NO. The van der Waals surface area contributed by atoms with Gasteiger partial charge in [0.2, 0.25) is 0 Å². The molecule has 0 radical (unpaired) electrons. The minimum Gasteiger partial charge on any atom is -0.398 e. The monoisotopic (exact) mass is 165 g/mol. The van der Waals surface area contributed by atoms with Gasteiger partial charge in [-0.2, -0.15) is 0 Å². The molecular weight excluding hydrogens is 150 g/mol. The molecule has 0 saturated heterocycles. The molecule has 0 aliphatic heterocycles. The van der Waals surface area contributed by atoms with E-state index < -0.39 is 0 Å². The number of hydrogen-bond donors (Lipinski definition) is 1. The van der Waals surface area contributed by atoms with Crippen LogP contribution >= 0.6 is 0 Å². The second-order valence-electron chi connectivity index (χ2n) is 2.80. The Morgan fingerprint density at radius 1 is 1.33 bits per heavy atom. The van der Waals surface area contributed by atoms with Gasteiger partial charge in [0, 0.05) is 17.2 Å². The predicted octanol–water partition coefficient (Wildman–Crippen LogP) is 1.80. The molecule has 0 heterocycles. The summed E-state index contributed by atoms with van der Waals surface area (Å²) in [6.07, 6.45) is 2.93. The molecule has 0 aromatic carbocycles. The molecule has 0 fully saturated rings. The van der Waals surface area contributed by atoms with Crippen LogP contribution in [0.1, 0.15) is 13.8 Å². The Balaban J connectivity index is 4.92. The Labute approximate surface area is 73.5 Å². The average Bonchev–Trinajstić information content (AvgIpc) is 2.05. The summed E-state index contributed by atoms with van der Waals surface area (Å²) in [6, 6.07) is 0. The standard InChI is InChI=1S/C10H15NO/c1-5-8(9(11)6-2)10(12)7(3)4/h5-7H,1-2,11H2,3-4H3/b9-8-. The molecule has 0 spiro atoms. The fourth-order valence-corrected chi connectivity index (χ4v) is 0.782. The van der Waals surface area contributed by atoms with Crippen molar-refractivity contribution in [1.29, 1.82) is 0 Å². The van der Waals surface area contributed by atoms with Gasteiger partial charge in [0.25, 0.3) is 0 Å². The minimum absolute atomic E-state index is 0.00222. The summed E-state index contributed by atoms with van der Waals surface area (Å²) in [4.78, 5) is 11.4. The van der Waals surface area contributed by atoms with Crippen LogP contribution in [0.4, 0.5) is 0 Å². The molecule has 0 unspecified atom stereocenters. The van der Waals surface area contributed by atoms with Gasteiger partial charge in [0.05, 0.1) is 0 Å². The number of Topliss-reactive ketones (excluding diaryl/α,β-unsaturated/α-hetero) is 1. The Bertz CT molecular complexity index is 236. The maximum Gasteiger partial charge on any atom is 0.167 e. The summed E-state index contributed by atoms with van der Waals surface area (Å²) >= 11 is 0. The van der Waals surface area contributed by atoms with Crippen LogP contribution in [0, 0.1) is 5.92 Å². The van der Waals surface area contributed by atoms with Gasteiger partial charge in [-0.1, -0.05) is 33.1 Å². The molecule has 66 valence electrons. The van der Waals surface area contributed by atoms with Crippen molar-refractivity contribution >= 4 is 5.78 Å². The summed E-state index contributed by atoms with van der Waals surface area (Å²) in [6.45, 7) is 10.7. The SMILES string of the molecule is C=C/C(N)=C(\C=C)C(=O)C(C)C. The first-order valence-electron chi connectivity index (χ1n) is 3.83. The molecule has 0 saturated carbocycles. The fourth-order valence-electron chi connectivity index (χ4n) is 0.782. The average molecular weight is 165 g/mol. The molecule has 0 amide bonds. The lowest BCUT2D eigenvalue weighted by Crippen LogP contribution is -2.13. The summed E-state index contributed by atoms with van der Waals surface area (Å²) in [5.41, 5.74) is 6.39. The van der Waals surface area contributed by atoms with E-state index >= 15 is 0 Å². The fraction of sp³-hybridized carbons (Fsp3) is 0.300. The molecule has 0 atom stereocenters. The molecule has 0 aromatic heterocycles. The Hall–Kier alpha value is -1.31. The van der Waals surface area contributed by atoms with Gasteiger partial charge < -0.3 is 5.73 Å². The van der Waals surface area contributed by atoms with E-state index in [0.29, 0.717) is 11.3 Å². The molecule has 0 aromatic rings. The zero-order chi connectivity index (χ0) is 9.72. The highest BCUT2D eigenvalue weighted by molar-refractivity contribution is 6.00. The van der Waals surface area contributed by atoms with E-state index in [2.05, 4.69) is 13.2 Å². The van der Waals surface area contributed by atoms with Crippen LogP contribution in [0.5, 0.6) is 0 Å². The minimum atomic E-state index is -0.0588. The van der Waals surface area contributed by atoms with E-state index in [1.54, 1.807) is 0 Å². The highest BCUT2D eigenvalue weighted by Crippen LogP contribution is 2.09. The lowest BCUT2D eigenvalue weighted by Gasteiger charge is -2.06. The van der Waals surface area contributed by atoms with Crippen LogP contribution in [0.2, 0.25) is 0 Å². The molecule has 2 nitrogen and oxygen atoms in total. The number of carbonyl (C=O) groups is 1. The first kappa shape index (κ1) is 10.7. The van der Waals surface area contributed by atoms with Gasteiger partial charge in [-0.05, 0) is 6.08 Å². The third kappa shape index (κ3) is 2.38. The Morgan fingerprint density at radius 3 is 2.08 bits per heavy atom. The Kier molecular flexibility index (Phi) is 4.05. The predicted molar refractivity (Wildman–Crippen MR) is 51.5 cm³/mol. The normalized spacial score (nSPS) is 12.2. The third-order valence-electron chi connectivity index (χ3n) is 1.52.